The predicted molar refractivity (Wildman–Crippen MR) is 98.2 cm³/mol. The maximum atomic E-state index is 11.9. The molecule has 0 radical (unpaired) electrons. The number of carbonyl (C=O) groups excluding carboxylic acids is 1. The van der Waals surface area contributed by atoms with Crippen LogP contribution in [0.15, 0.2) is 52.0 Å². The summed E-state index contributed by atoms with van der Waals surface area (Å²) in [6, 6.07) is 11.3. The molecule has 0 atom stereocenters. The van der Waals surface area contributed by atoms with E-state index in [2.05, 4.69) is 15.6 Å². The molecule has 9 nitrogen and oxygen atoms in total. The van der Waals surface area contributed by atoms with Crippen molar-refractivity contribution in [2.45, 2.75) is 20.4 Å². The van der Waals surface area contributed by atoms with Gasteiger partial charge in [0, 0.05) is 23.4 Å². The first-order chi connectivity index (χ1) is 12.9. The van der Waals surface area contributed by atoms with Crippen LogP contribution in [0.3, 0.4) is 0 Å². The van der Waals surface area contributed by atoms with Gasteiger partial charge in [-0.05, 0) is 44.2 Å². The summed E-state index contributed by atoms with van der Waals surface area (Å²) >= 11 is 0. The van der Waals surface area contributed by atoms with Crippen molar-refractivity contribution < 1.29 is 14.1 Å². The van der Waals surface area contributed by atoms with Crippen LogP contribution in [0.25, 0.3) is 11.3 Å². The number of amides is 1. The first kappa shape index (κ1) is 18.1. The molecule has 0 spiro atoms. The van der Waals surface area contributed by atoms with Crippen LogP contribution in [-0.4, -0.2) is 26.8 Å². The molecule has 2 heterocycles. The number of nitro groups is 1. The highest BCUT2D eigenvalue weighted by Gasteiger charge is 2.08. The Morgan fingerprint density at radius 1 is 1.30 bits per heavy atom. The van der Waals surface area contributed by atoms with Crippen LogP contribution >= 0.6 is 0 Å². The van der Waals surface area contributed by atoms with Gasteiger partial charge in [0.05, 0.1) is 16.8 Å². The summed E-state index contributed by atoms with van der Waals surface area (Å²) in [7, 11) is 0. The lowest BCUT2D eigenvalue weighted by Gasteiger charge is -2.02. The third-order valence-corrected chi connectivity index (χ3v) is 3.77. The number of aryl methyl sites for hydroxylation is 2. The third kappa shape index (κ3) is 4.46. The summed E-state index contributed by atoms with van der Waals surface area (Å²) in [6.07, 6.45) is 1.38. The van der Waals surface area contributed by atoms with Gasteiger partial charge < -0.3 is 4.42 Å². The van der Waals surface area contributed by atoms with E-state index < -0.39 is 4.92 Å². The van der Waals surface area contributed by atoms with Gasteiger partial charge in [0.1, 0.15) is 18.1 Å². The Hall–Kier alpha value is -3.75. The van der Waals surface area contributed by atoms with Gasteiger partial charge in [0.2, 0.25) is 0 Å². The molecule has 2 aromatic heterocycles. The fourth-order valence-electron chi connectivity index (χ4n) is 2.50. The quantitative estimate of drug-likeness (QED) is 0.408. The smallest absolute Gasteiger partial charge is 0.269 e. The Bertz CT molecular complexity index is 1000. The molecule has 0 aliphatic carbocycles. The number of nitrogens with one attached hydrogen (secondary N) is 1. The Kier molecular flexibility index (Phi) is 5.11. The van der Waals surface area contributed by atoms with Crippen LogP contribution in [-0.2, 0) is 11.3 Å². The molecule has 1 amide bonds. The number of hydrazone groups is 1. The zero-order valence-corrected chi connectivity index (χ0v) is 14.7. The zero-order valence-electron chi connectivity index (χ0n) is 14.7. The molecule has 138 valence electrons. The van der Waals surface area contributed by atoms with Gasteiger partial charge in [-0.3, -0.25) is 19.6 Å². The Labute approximate surface area is 154 Å². The highest BCUT2D eigenvalue weighted by Crippen LogP contribution is 2.23. The van der Waals surface area contributed by atoms with E-state index >= 15 is 0 Å². The van der Waals surface area contributed by atoms with E-state index in [-0.39, 0.29) is 18.1 Å². The van der Waals surface area contributed by atoms with Crippen LogP contribution < -0.4 is 5.43 Å². The van der Waals surface area contributed by atoms with Crippen molar-refractivity contribution >= 4 is 17.8 Å². The van der Waals surface area contributed by atoms with Crippen molar-refractivity contribution in [3.63, 3.8) is 0 Å². The topological polar surface area (TPSA) is 116 Å². The second kappa shape index (κ2) is 7.65. The maximum absolute atomic E-state index is 11.9. The number of hydrogen-bond donors (Lipinski definition) is 1. The van der Waals surface area contributed by atoms with E-state index in [1.807, 2.05) is 19.9 Å². The number of benzene rings is 1. The van der Waals surface area contributed by atoms with E-state index in [1.165, 1.54) is 18.3 Å². The van der Waals surface area contributed by atoms with Crippen LogP contribution in [0.1, 0.15) is 17.1 Å². The summed E-state index contributed by atoms with van der Waals surface area (Å²) in [6.45, 7) is 3.81. The molecular weight excluding hydrogens is 350 g/mol. The van der Waals surface area contributed by atoms with Crippen molar-refractivity contribution in [2.75, 3.05) is 0 Å². The lowest BCUT2D eigenvalue weighted by atomic mass is 10.1. The van der Waals surface area contributed by atoms with Gasteiger partial charge in [-0.25, -0.2) is 5.43 Å². The molecule has 27 heavy (non-hydrogen) atoms. The highest BCUT2D eigenvalue weighted by molar-refractivity contribution is 5.81. The molecule has 0 aliphatic rings. The lowest BCUT2D eigenvalue weighted by Crippen LogP contribution is -2.24. The monoisotopic (exact) mass is 367 g/mol. The number of non-ortho nitro benzene ring substituents is 1. The zero-order chi connectivity index (χ0) is 19.4. The summed E-state index contributed by atoms with van der Waals surface area (Å²) < 4.78 is 7.20. The molecule has 1 aromatic carbocycles. The van der Waals surface area contributed by atoms with Crippen LogP contribution in [0.5, 0.6) is 0 Å². The van der Waals surface area contributed by atoms with Crippen LogP contribution in [0.4, 0.5) is 5.69 Å². The van der Waals surface area contributed by atoms with Gasteiger partial charge >= 0.3 is 0 Å². The van der Waals surface area contributed by atoms with E-state index in [9.17, 15) is 14.9 Å². The third-order valence-electron chi connectivity index (χ3n) is 3.77. The second-order valence-corrected chi connectivity index (χ2v) is 5.88. The summed E-state index contributed by atoms with van der Waals surface area (Å²) in [5.74, 6) is 0.676. The summed E-state index contributed by atoms with van der Waals surface area (Å²) in [4.78, 5) is 22.1. The molecule has 0 aliphatic heterocycles. The number of rotatable bonds is 6. The number of nitro benzene ring substituents is 1. The molecule has 1 N–H and O–H groups in total. The highest BCUT2D eigenvalue weighted by atomic mass is 16.6. The molecule has 0 unspecified atom stereocenters. The lowest BCUT2D eigenvalue weighted by molar-refractivity contribution is -0.384. The van der Waals surface area contributed by atoms with Crippen molar-refractivity contribution in [1.82, 2.24) is 15.2 Å². The average molecular weight is 367 g/mol. The van der Waals surface area contributed by atoms with Gasteiger partial charge in [-0.15, -0.1) is 0 Å². The van der Waals surface area contributed by atoms with Gasteiger partial charge in [0.25, 0.3) is 11.6 Å². The molecule has 9 heteroatoms. The summed E-state index contributed by atoms with van der Waals surface area (Å²) in [5, 5.41) is 18.8. The van der Waals surface area contributed by atoms with Crippen molar-refractivity contribution in [2.24, 2.45) is 5.10 Å². The van der Waals surface area contributed by atoms with Crippen molar-refractivity contribution in [3.05, 3.63) is 69.7 Å². The normalized spacial score (nSPS) is 11.0. The Balaban J connectivity index is 1.59. The number of hydrogen-bond acceptors (Lipinski definition) is 6. The fraction of sp³-hybridized carbons (Fsp3) is 0.167. The minimum Gasteiger partial charge on any atom is -0.455 e. The average Bonchev–Trinajstić information content (AvgIpc) is 3.21. The first-order valence-corrected chi connectivity index (χ1v) is 8.10. The SMILES string of the molecule is Cc1cc(C)n(CC(=O)N/N=C\c2ccc(-c3ccc([N+](=O)[O-])cc3)o2)n1. The van der Waals surface area contributed by atoms with Gasteiger partial charge in [-0.1, -0.05) is 0 Å². The van der Waals surface area contributed by atoms with Crippen molar-refractivity contribution in [3.8, 4) is 11.3 Å². The minimum absolute atomic E-state index is 0.0115. The standard InChI is InChI=1S/C18H17N5O4/c1-12-9-13(2)22(21-12)11-18(24)20-19-10-16-7-8-17(27-16)14-3-5-15(6-4-14)23(25)26/h3-10H,11H2,1-2H3,(H,20,24)/b19-10-. The van der Waals surface area contributed by atoms with Crippen LogP contribution in [0.2, 0.25) is 0 Å². The molecule has 3 rings (SSSR count). The van der Waals surface area contributed by atoms with Crippen LogP contribution in [0, 0.1) is 24.0 Å². The molecular formula is C18H17N5O4. The Morgan fingerprint density at radius 3 is 2.67 bits per heavy atom. The predicted octanol–water partition coefficient (Wildman–Crippen LogP) is 2.82. The van der Waals surface area contributed by atoms with E-state index in [0.29, 0.717) is 17.1 Å². The molecule has 0 saturated carbocycles. The summed E-state index contributed by atoms with van der Waals surface area (Å²) in [5.41, 5.74) is 4.87. The number of aromatic nitrogens is 2. The second-order valence-electron chi connectivity index (χ2n) is 5.88. The molecule has 0 fully saturated rings. The maximum Gasteiger partial charge on any atom is 0.269 e. The Morgan fingerprint density at radius 2 is 2.04 bits per heavy atom. The fourth-order valence-corrected chi connectivity index (χ4v) is 2.50. The van der Waals surface area contributed by atoms with Gasteiger partial charge in [-0.2, -0.15) is 10.2 Å². The number of nitrogens with zero attached hydrogens (tertiary/aromatic N) is 4. The van der Waals surface area contributed by atoms with E-state index in [0.717, 1.165) is 11.4 Å². The largest absolute Gasteiger partial charge is 0.455 e. The number of furan rings is 1. The molecule has 0 bridgehead atoms. The molecule has 3 aromatic rings. The van der Waals surface area contributed by atoms with E-state index in [1.54, 1.807) is 28.9 Å². The van der Waals surface area contributed by atoms with Gasteiger partial charge in [0.15, 0.2) is 0 Å². The number of carbonyl (C=O) groups is 1. The van der Waals surface area contributed by atoms with E-state index in [4.69, 9.17) is 4.42 Å². The van der Waals surface area contributed by atoms with Crippen molar-refractivity contribution in [1.29, 1.82) is 0 Å². The molecule has 0 saturated heterocycles. The first-order valence-electron chi connectivity index (χ1n) is 8.10. The minimum atomic E-state index is -0.460.